The molecule has 1 aliphatic carbocycles. The summed E-state index contributed by atoms with van der Waals surface area (Å²) in [7, 11) is 0. The number of hydrogen-bond donors (Lipinski definition) is 0. The van der Waals surface area contributed by atoms with Crippen LogP contribution in [-0.4, -0.2) is 26.9 Å². The summed E-state index contributed by atoms with van der Waals surface area (Å²) in [5.74, 6) is 2.44. The Hall–Kier alpha value is -1.50. The zero-order valence-corrected chi connectivity index (χ0v) is 13.1. The van der Waals surface area contributed by atoms with Gasteiger partial charge >= 0.3 is 0 Å². The Balaban J connectivity index is 1.58. The van der Waals surface area contributed by atoms with Gasteiger partial charge in [-0.2, -0.15) is 4.98 Å². The van der Waals surface area contributed by atoms with Gasteiger partial charge in [0.2, 0.25) is 11.0 Å². The van der Waals surface area contributed by atoms with Crippen LogP contribution in [-0.2, 0) is 0 Å². The van der Waals surface area contributed by atoms with Crippen LogP contribution in [0.25, 0.3) is 0 Å². The lowest BCUT2D eigenvalue weighted by Gasteiger charge is -2.20. The zero-order valence-electron chi connectivity index (χ0n) is 12.3. The van der Waals surface area contributed by atoms with Crippen molar-refractivity contribution in [1.29, 1.82) is 0 Å². The van der Waals surface area contributed by atoms with Crippen LogP contribution in [0, 0.1) is 0 Å². The van der Waals surface area contributed by atoms with Gasteiger partial charge in [0.15, 0.2) is 5.82 Å². The Morgan fingerprint density at radius 1 is 1.24 bits per heavy atom. The molecule has 0 radical (unpaired) electrons. The predicted molar refractivity (Wildman–Crippen MR) is 79.6 cm³/mol. The first kappa shape index (κ1) is 13.2. The van der Waals surface area contributed by atoms with Crippen molar-refractivity contribution in [1.82, 2.24) is 20.3 Å². The maximum atomic E-state index is 5.36. The summed E-state index contributed by atoms with van der Waals surface area (Å²) >= 11 is 1.73. The zero-order chi connectivity index (χ0) is 14.4. The van der Waals surface area contributed by atoms with Crippen molar-refractivity contribution in [2.24, 2.45) is 0 Å². The normalized spacial score (nSPS) is 22.4. The lowest BCUT2D eigenvalue weighted by Crippen LogP contribution is -2.23. The molecule has 21 heavy (non-hydrogen) atoms. The number of rotatable bonds is 4. The van der Waals surface area contributed by atoms with Crippen molar-refractivity contribution >= 4 is 16.5 Å². The third kappa shape index (κ3) is 2.43. The molecule has 0 amide bonds. The van der Waals surface area contributed by atoms with Gasteiger partial charge in [-0.3, -0.25) is 0 Å². The molecule has 3 heterocycles. The van der Waals surface area contributed by atoms with Gasteiger partial charge in [-0.15, -0.1) is 10.2 Å². The maximum Gasteiger partial charge on any atom is 0.229 e. The van der Waals surface area contributed by atoms with E-state index in [1.807, 2.05) is 0 Å². The summed E-state index contributed by atoms with van der Waals surface area (Å²) in [5, 5.41) is 15.1. The van der Waals surface area contributed by atoms with Crippen LogP contribution in [0.4, 0.5) is 5.13 Å². The van der Waals surface area contributed by atoms with E-state index in [4.69, 9.17) is 4.52 Å². The maximum absolute atomic E-state index is 5.36. The molecular weight excluding hydrogens is 286 g/mol. The Labute approximate surface area is 127 Å². The smallest absolute Gasteiger partial charge is 0.229 e. The molecule has 6 nitrogen and oxygen atoms in total. The Morgan fingerprint density at radius 3 is 2.81 bits per heavy atom. The van der Waals surface area contributed by atoms with Crippen LogP contribution < -0.4 is 4.90 Å². The van der Waals surface area contributed by atoms with E-state index < -0.39 is 0 Å². The summed E-state index contributed by atoms with van der Waals surface area (Å²) < 4.78 is 5.36. The molecule has 112 valence electrons. The van der Waals surface area contributed by atoms with Gasteiger partial charge in [0, 0.05) is 18.4 Å². The van der Waals surface area contributed by atoms with E-state index in [0.717, 1.165) is 30.3 Å². The SMILES string of the molecule is CC(C)c1nc(C2CCCN2c2nnc(C3CC3)s2)no1. The van der Waals surface area contributed by atoms with E-state index in [9.17, 15) is 0 Å². The average Bonchev–Trinajstić information content (AvgIpc) is 2.95. The molecule has 0 aromatic carbocycles. The molecule has 1 unspecified atom stereocenters. The monoisotopic (exact) mass is 305 g/mol. The number of hydrogen-bond acceptors (Lipinski definition) is 7. The highest BCUT2D eigenvalue weighted by atomic mass is 32.1. The molecule has 2 aromatic rings. The van der Waals surface area contributed by atoms with Crippen LogP contribution in [0.5, 0.6) is 0 Å². The van der Waals surface area contributed by atoms with Gasteiger partial charge in [-0.1, -0.05) is 30.3 Å². The minimum atomic E-state index is 0.182. The molecule has 0 spiro atoms. The second-order valence-electron chi connectivity index (χ2n) is 6.19. The molecule has 2 aliphatic rings. The summed E-state index contributed by atoms with van der Waals surface area (Å²) in [6, 6.07) is 0.182. The first-order valence-electron chi connectivity index (χ1n) is 7.66. The largest absolute Gasteiger partial charge is 0.339 e. The molecule has 4 rings (SSSR count). The van der Waals surface area contributed by atoms with Crippen molar-refractivity contribution in [2.45, 2.75) is 57.4 Å². The predicted octanol–water partition coefficient (Wildman–Crippen LogP) is 3.26. The lowest BCUT2D eigenvalue weighted by atomic mass is 10.2. The Bertz CT molecular complexity index is 587. The van der Waals surface area contributed by atoms with Crippen molar-refractivity contribution in [3.8, 4) is 0 Å². The molecule has 0 N–H and O–H groups in total. The fourth-order valence-electron chi connectivity index (χ4n) is 2.72. The first-order chi connectivity index (χ1) is 10.2. The van der Waals surface area contributed by atoms with Gasteiger partial charge in [-0.05, 0) is 25.7 Å². The molecule has 1 saturated heterocycles. The highest BCUT2D eigenvalue weighted by Gasteiger charge is 2.34. The Kier molecular flexibility index (Phi) is 3.17. The summed E-state index contributed by atoms with van der Waals surface area (Å²) in [5.41, 5.74) is 0. The van der Waals surface area contributed by atoms with E-state index >= 15 is 0 Å². The van der Waals surface area contributed by atoms with Crippen LogP contribution in [0.2, 0.25) is 0 Å². The highest BCUT2D eigenvalue weighted by molar-refractivity contribution is 7.15. The molecule has 1 saturated carbocycles. The van der Waals surface area contributed by atoms with Crippen LogP contribution >= 0.6 is 11.3 Å². The van der Waals surface area contributed by atoms with Crippen LogP contribution in [0.3, 0.4) is 0 Å². The molecule has 1 aliphatic heterocycles. The molecule has 0 bridgehead atoms. The quantitative estimate of drug-likeness (QED) is 0.863. The lowest BCUT2D eigenvalue weighted by molar-refractivity contribution is 0.358. The second-order valence-corrected chi connectivity index (χ2v) is 7.18. The summed E-state index contributed by atoms with van der Waals surface area (Å²) in [4.78, 5) is 6.85. The second kappa shape index (κ2) is 5.05. The number of nitrogens with zero attached hydrogens (tertiary/aromatic N) is 5. The molecule has 2 fully saturated rings. The number of aromatic nitrogens is 4. The van der Waals surface area contributed by atoms with Crippen LogP contribution in [0.1, 0.15) is 74.1 Å². The van der Waals surface area contributed by atoms with Crippen molar-refractivity contribution in [3.63, 3.8) is 0 Å². The fraction of sp³-hybridized carbons (Fsp3) is 0.714. The van der Waals surface area contributed by atoms with Crippen LogP contribution in [0.15, 0.2) is 4.52 Å². The molecule has 7 heteroatoms. The molecule has 1 atom stereocenters. The Morgan fingerprint density at radius 2 is 2.10 bits per heavy atom. The minimum absolute atomic E-state index is 0.182. The van der Waals surface area contributed by atoms with Gasteiger partial charge in [-0.25, -0.2) is 0 Å². The van der Waals surface area contributed by atoms with Crippen molar-refractivity contribution in [3.05, 3.63) is 16.7 Å². The third-order valence-electron chi connectivity index (χ3n) is 4.10. The van der Waals surface area contributed by atoms with E-state index in [1.54, 1.807) is 11.3 Å². The van der Waals surface area contributed by atoms with Crippen molar-refractivity contribution in [2.75, 3.05) is 11.4 Å². The van der Waals surface area contributed by atoms with Gasteiger partial charge in [0.1, 0.15) is 5.01 Å². The molecule has 2 aromatic heterocycles. The average molecular weight is 305 g/mol. The van der Waals surface area contributed by atoms with Gasteiger partial charge in [0.05, 0.1) is 6.04 Å². The minimum Gasteiger partial charge on any atom is -0.339 e. The van der Waals surface area contributed by atoms with Gasteiger partial charge < -0.3 is 9.42 Å². The topological polar surface area (TPSA) is 67.9 Å². The third-order valence-corrected chi connectivity index (χ3v) is 5.23. The first-order valence-corrected chi connectivity index (χ1v) is 8.47. The fourth-order valence-corrected chi connectivity index (χ4v) is 3.81. The highest BCUT2D eigenvalue weighted by Crippen LogP contribution is 2.44. The van der Waals surface area contributed by atoms with E-state index in [0.29, 0.717) is 11.8 Å². The standard InChI is InChI=1S/C14H19N5OS/c1-8(2)12-15-11(18-20-12)10-4-3-7-19(10)14-17-16-13(21-14)9-5-6-9/h8-10H,3-7H2,1-2H3. The summed E-state index contributed by atoms with van der Waals surface area (Å²) in [6.07, 6.45) is 4.71. The van der Waals surface area contributed by atoms with E-state index in [2.05, 4.69) is 39.1 Å². The summed E-state index contributed by atoms with van der Waals surface area (Å²) in [6.45, 7) is 5.13. The van der Waals surface area contributed by atoms with E-state index in [-0.39, 0.29) is 12.0 Å². The number of anilines is 1. The molecular formula is C14H19N5OS. The van der Waals surface area contributed by atoms with E-state index in [1.165, 1.54) is 17.8 Å². The van der Waals surface area contributed by atoms with Crippen molar-refractivity contribution < 1.29 is 4.52 Å². The van der Waals surface area contributed by atoms with Gasteiger partial charge in [0.25, 0.3) is 0 Å².